The van der Waals surface area contributed by atoms with E-state index in [1.165, 1.54) is 7.05 Å². The van der Waals surface area contributed by atoms with Gasteiger partial charge in [0.05, 0.1) is 10.5 Å². The van der Waals surface area contributed by atoms with E-state index in [2.05, 4.69) is 0 Å². The van der Waals surface area contributed by atoms with Crippen LogP contribution in [0.15, 0.2) is 23.1 Å². The molecule has 0 aromatic heterocycles. The van der Waals surface area contributed by atoms with Crippen molar-refractivity contribution in [1.29, 1.82) is 0 Å². The zero-order valence-corrected chi connectivity index (χ0v) is 10.6. The van der Waals surface area contributed by atoms with Crippen LogP contribution in [0.1, 0.15) is 12.5 Å². The fraction of sp³-hybridized carbons (Fsp3) is 0.400. The Bertz CT molecular complexity index is 541. The molecule has 0 atom stereocenters. The van der Waals surface area contributed by atoms with Crippen LogP contribution in [-0.2, 0) is 16.2 Å². The van der Waals surface area contributed by atoms with E-state index < -0.39 is 32.3 Å². The number of nitrogen functional groups attached to an aromatic ring is 1. The van der Waals surface area contributed by atoms with Crippen molar-refractivity contribution in [2.45, 2.75) is 18.0 Å². The number of alkyl halides is 3. The first-order chi connectivity index (χ1) is 8.10. The van der Waals surface area contributed by atoms with Crippen molar-refractivity contribution >= 4 is 15.7 Å². The van der Waals surface area contributed by atoms with E-state index in [4.69, 9.17) is 5.73 Å². The molecule has 0 unspecified atom stereocenters. The summed E-state index contributed by atoms with van der Waals surface area (Å²) >= 11 is 0. The molecule has 0 bridgehead atoms. The van der Waals surface area contributed by atoms with Crippen LogP contribution in [0.5, 0.6) is 0 Å². The van der Waals surface area contributed by atoms with Crippen LogP contribution < -0.4 is 5.73 Å². The number of hydrogen-bond donors (Lipinski definition) is 1. The summed E-state index contributed by atoms with van der Waals surface area (Å²) in [4.78, 5) is -0.423. The maximum absolute atomic E-state index is 12.6. The van der Waals surface area contributed by atoms with Crippen LogP contribution in [0, 0.1) is 0 Å². The molecule has 4 nitrogen and oxygen atoms in total. The topological polar surface area (TPSA) is 63.4 Å². The second kappa shape index (κ2) is 4.77. The summed E-state index contributed by atoms with van der Waals surface area (Å²) in [6.45, 7) is 1.74. The molecule has 18 heavy (non-hydrogen) atoms. The highest BCUT2D eigenvalue weighted by Crippen LogP contribution is 2.35. The number of benzene rings is 1. The minimum absolute atomic E-state index is 0.161. The first kappa shape index (κ1) is 14.8. The highest BCUT2D eigenvalue weighted by molar-refractivity contribution is 7.89. The second-order valence-corrected chi connectivity index (χ2v) is 5.71. The van der Waals surface area contributed by atoms with Gasteiger partial charge in [0.15, 0.2) is 0 Å². The first-order valence-electron chi connectivity index (χ1n) is 5.03. The Balaban J connectivity index is 3.39. The summed E-state index contributed by atoms with van der Waals surface area (Å²) in [5.41, 5.74) is 3.55. The van der Waals surface area contributed by atoms with Gasteiger partial charge < -0.3 is 5.73 Å². The van der Waals surface area contributed by atoms with Crippen molar-refractivity contribution in [3.05, 3.63) is 23.8 Å². The molecule has 0 heterocycles. The third kappa shape index (κ3) is 2.75. The fourth-order valence-corrected chi connectivity index (χ4v) is 2.50. The number of sulfonamides is 1. The normalized spacial score (nSPS) is 13.0. The molecule has 0 saturated carbocycles. The SMILES string of the molecule is CCN(C)S(=O)(=O)c1ccc(N)c(C(F)(F)F)c1. The van der Waals surface area contributed by atoms with Crippen molar-refractivity contribution in [2.24, 2.45) is 0 Å². The molecule has 1 aromatic rings. The van der Waals surface area contributed by atoms with Gasteiger partial charge in [0.1, 0.15) is 0 Å². The molecular weight excluding hydrogens is 269 g/mol. The second-order valence-electron chi connectivity index (χ2n) is 3.67. The van der Waals surface area contributed by atoms with Gasteiger partial charge in [-0.3, -0.25) is 0 Å². The molecule has 0 aliphatic rings. The maximum Gasteiger partial charge on any atom is 0.418 e. The number of hydrogen-bond acceptors (Lipinski definition) is 3. The van der Waals surface area contributed by atoms with Crippen LogP contribution in [0.25, 0.3) is 0 Å². The molecule has 2 N–H and O–H groups in total. The molecule has 0 aliphatic heterocycles. The summed E-state index contributed by atoms with van der Waals surface area (Å²) in [6.07, 6.45) is -4.68. The van der Waals surface area contributed by atoms with Crippen molar-refractivity contribution in [1.82, 2.24) is 4.31 Å². The Morgan fingerprint density at radius 3 is 2.33 bits per heavy atom. The smallest absolute Gasteiger partial charge is 0.398 e. The van der Waals surface area contributed by atoms with Crippen molar-refractivity contribution in [3.8, 4) is 0 Å². The summed E-state index contributed by atoms with van der Waals surface area (Å²) in [5.74, 6) is 0. The van der Waals surface area contributed by atoms with Gasteiger partial charge in [0, 0.05) is 19.3 Å². The summed E-state index contributed by atoms with van der Waals surface area (Å²) < 4.78 is 62.5. The molecule has 0 fully saturated rings. The zero-order chi connectivity index (χ0) is 14.1. The van der Waals surface area contributed by atoms with Crippen molar-refractivity contribution < 1.29 is 21.6 Å². The van der Waals surface area contributed by atoms with Crippen molar-refractivity contribution in [2.75, 3.05) is 19.3 Å². The number of halogens is 3. The van der Waals surface area contributed by atoms with Gasteiger partial charge in [0.25, 0.3) is 0 Å². The lowest BCUT2D eigenvalue weighted by Crippen LogP contribution is -2.27. The third-order valence-electron chi connectivity index (χ3n) is 2.48. The molecule has 102 valence electrons. The van der Waals surface area contributed by atoms with Gasteiger partial charge in [-0.15, -0.1) is 0 Å². The average Bonchev–Trinajstić information content (AvgIpc) is 2.26. The number of anilines is 1. The molecule has 0 spiro atoms. The van der Waals surface area contributed by atoms with E-state index in [1.54, 1.807) is 6.92 Å². The Kier molecular flexibility index (Phi) is 3.92. The minimum atomic E-state index is -4.68. The number of rotatable bonds is 3. The Hall–Kier alpha value is -1.28. The molecule has 0 radical (unpaired) electrons. The van der Waals surface area contributed by atoms with Crippen LogP contribution in [0.3, 0.4) is 0 Å². The highest BCUT2D eigenvalue weighted by Gasteiger charge is 2.34. The Labute approximate surface area is 103 Å². The minimum Gasteiger partial charge on any atom is -0.398 e. The molecule has 0 aliphatic carbocycles. The van der Waals surface area contributed by atoms with E-state index in [0.717, 1.165) is 16.4 Å². The number of nitrogens with two attached hydrogens (primary N) is 1. The monoisotopic (exact) mass is 282 g/mol. The van der Waals surface area contributed by atoms with Gasteiger partial charge in [-0.2, -0.15) is 13.2 Å². The zero-order valence-electron chi connectivity index (χ0n) is 9.82. The number of nitrogens with zero attached hydrogens (tertiary/aromatic N) is 1. The largest absolute Gasteiger partial charge is 0.418 e. The van der Waals surface area contributed by atoms with Crippen molar-refractivity contribution in [3.63, 3.8) is 0 Å². The summed E-state index contributed by atoms with van der Waals surface area (Å²) in [5, 5.41) is 0. The maximum atomic E-state index is 12.6. The first-order valence-corrected chi connectivity index (χ1v) is 6.47. The van der Waals surface area contributed by atoms with E-state index in [0.29, 0.717) is 6.07 Å². The van der Waals surface area contributed by atoms with Crippen LogP contribution in [0.4, 0.5) is 18.9 Å². The van der Waals surface area contributed by atoms with Gasteiger partial charge >= 0.3 is 6.18 Å². The van der Waals surface area contributed by atoms with E-state index in [1.807, 2.05) is 0 Å². The third-order valence-corrected chi connectivity index (χ3v) is 4.41. The molecular formula is C10H13F3N2O2S. The van der Waals surface area contributed by atoms with Crippen LogP contribution >= 0.6 is 0 Å². The lowest BCUT2D eigenvalue weighted by atomic mass is 10.2. The molecule has 0 saturated heterocycles. The average molecular weight is 282 g/mol. The van der Waals surface area contributed by atoms with Gasteiger partial charge in [-0.1, -0.05) is 6.92 Å². The Morgan fingerprint density at radius 2 is 1.89 bits per heavy atom. The lowest BCUT2D eigenvalue weighted by molar-refractivity contribution is -0.137. The van der Waals surface area contributed by atoms with E-state index in [9.17, 15) is 21.6 Å². The molecule has 1 aromatic carbocycles. The van der Waals surface area contributed by atoms with Crippen LogP contribution in [-0.4, -0.2) is 26.3 Å². The summed E-state index contributed by atoms with van der Waals surface area (Å²) in [7, 11) is -2.62. The van der Waals surface area contributed by atoms with Gasteiger partial charge in [-0.05, 0) is 18.2 Å². The highest BCUT2D eigenvalue weighted by atomic mass is 32.2. The molecule has 8 heteroatoms. The van der Waals surface area contributed by atoms with Crippen LogP contribution in [0.2, 0.25) is 0 Å². The lowest BCUT2D eigenvalue weighted by Gasteiger charge is -2.17. The molecule has 1 rings (SSSR count). The summed E-state index contributed by atoms with van der Waals surface area (Å²) in [6, 6.07) is 2.56. The Morgan fingerprint density at radius 1 is 1.33 bits per heavy atom. The van der Waals surface area contributed by atoms with E-state index >= 15 is 0 Å². The predicted octanol–water partition coefficient (Wildman–Crippen LogP) is 1.93. The fourth-order valence-electron chi connectivity index (χ4n) is 1.29. The molecule has 0 amide bonds. The predicted molar refractivity (Wildman–Crippen MR) is 61.3 cm³/mol. The van der Waals surface area contributed by atoms with Gasteiger partial charge in [-0.25, -0.2) is 12.7 Å². The van der Waals surface area contributed by atoms with E-state index in [-0.39, 0.29) is 6.54 Å². The standard InChI is InChI=1S/C10H13F3N2O2S/c1-3-15(2)18(16,17)7-4-5-9(14)8(6-7)10(11,12)13/h4-6H,3,14H2,1-2H3. The van der Waals surface area contributed by atoms with Gasteiger partial charge in [0.2, 0.25) is 10.0 Å². The quantitative estimate of drug-likeness (QED) is 0.862.